The van der Waals surface area contributed by atoms with Crippen LogP contribution in [0, 0.1) is 17.8 Å². The third-order valence-corrected chi connectivity index (χ3v) is 4.39. The van der Waals surface area contributed by atoms with Crippen molar-refractivity contribution in [3.63, 3.8) is 0 Å². The molecule has 4 rings (SSSR count). The van der Waals surface area contributed by atoms with Crippen molar-refractivity contribution in [3.05, 3.63) is 71.0 Å². The van der Waals surface area contributed by atoms with Crippen LogP contribution in [0.4, 0.5) is 0 Å². The fourth-order valence-corrected chi connectivity index (χ4v) is 3.04. The van der Waals surface area contributed by atoms with Gasteiger partial charge in [-0.1, -0.05) is 37.0 Å². The molecule has 2 aromatic rings. The number of hydrogen-bond donors (Lipinski definition) is 0. The van der Waals surface area contributed by atoms with E-state index < -0.39 is 0 Å². The van der Waals surface area contributed by atoms with Crippen molar-refractivity contribution < 1.29 is 14.2 Å². The maximum absolute atomic E-state index is 5.40. The topological polar surface area (TPSA) is 27.7 Å². The van der Waals surface area contributed by atoms with Crippen molar-refractivity contribution >= 4 is 11.6 Å². The van der Waals surface area contributed by atoms with Crippen LogP contribution in [0.15, 0.2) is 48.7 Å². The Morgan fingerprint density at radius 2 is 1.80 bits per heavy atom. The molecule has 124 valence electrons. The lowest BCUT2D eigenvalue weighted by Crippen LogP contribution is -2.03. The maximum Gasteiger partial charge on any atom is 0.231 e. The van der Waals surface area contributed by atoms with Crippen LogP contribution in [0.5, 0.6) is 11.5 Å². The summed E-state index contributed by atoms with van der Waals surface area (Å²) in [7, 11) is 1.68. The second kappa shape index (κ2) is 6.41. The van der Waals surface area contributed by atoms with E-state index in [9.17, 15) is 0 Å². The molecule has 0 saturated heterocycles. The van der Waals surface area contributed by atoms with Crippen molar-refractivity contribution in [1.82, 2.24) is 0 Å². The third-order valence-electron chi connectivity index (χ3n) is 4.39. The zero-order valence-corrected chi connectivity index (χ0v) is 14.2. The predicted molar refractivity (Wildman–Crippen MR) is 98.2 cm³/mol. The van der Waals surface area contributed by atoms with Crippen LogP contribution in [0.25, 0.3) is 11.6 Å². The van der Waals surface area contributed by atoms with Crippen LogP contribution in [0.3, 0.4) is 0 Å². The van der Waals surface area contributed by atoms with E-state index in [1.54, 1.807) is 7.11 Å². The summed E-state index contributed by atoms with van der Waals surface area (Å²) in [4.78, 5) is 0. The first-order chi connectivity index (χ1) is 12.2. The minimum atomic E-state index is 0.275. The van der Waals surface area contributed by atoms with Gasteiger partial charge in [0.2, 0.25) is 6.79 Å². The first-order valence-electron chi connectivity index (χ1n) is 8.22. The standard InChI is InChI=1S/C22H18O3/c1-15-3-8-18-9-6-16(11-19(18)20(15)13-23-2)4-5-17-7-10-21-22(12-17)25-14-24-21/h3,6-13,15H,14H2,1-2H3/b20-13+. The van der Waals surface area contributed by atoms with Gasteiger partial charge in [-0.05, 0) is 41.5 Å². The lowest BCUT2D eigenvalue weighted by molar-refractivity contribution is 0.174. The van der Waals surface area contributed by atoms with Crippen molar-refractivity contribution in [2.24, 2.45) is 5.92 Å². The molecule has 0 bridgehead atoms. The van der Waals surface area contributed by atoms with Crippen molar-refractivity contribution in [2.45, 2.75) is 6.92 Å². The maximum atomic E-state index is 5.40. The quantitative estimate of drug-likeness (QED) is 0.570. The summed E-state index contributed by atoms with van der Waals surface area (Å²) in [6.07, 6.45) is 6.16. The summed E-state index contributed by atoms with van der Waals surface area (Å²) in [5.41, 5.74) is 5.42. The molecule has 1 atom stereocenters. The summed E-state index contributed by atoms with van der Waals surface area (Å²) < 4.78 is 16.0. The van der Waals surface area contributed by atoms with Gasteiger partial charge in [-0.2, -0.15) is 0 Å². The Bertz CT molecular complexity index is 941. The Morgan fingerprint density at radius 1 is 1.04 bits per heavy atom. The Hall–Kier alpha value is -3.12. The number of benzene rings is 2. The van der Waals surface area contributed by atoms with Gasteiger partial charge in [0.15, 0.2) is 11.5 Å². The van der Waals surface area contributed by atoms with E-state index >= 15 is 0 Å². The predicted octanol–water partition coefficient (Wildman–Crippen LogP) is 4.47. The first-order valence-corrected chi connectivity index (χ1v) is 8.22. The number of fused-ring (bicyclic) bond motifs is 2. The summed E-state index contributed by atoms with van der Waals surface area (Å²) >= 11 is 0. The monoisotopic (exact) mass is 330 g/mol. The Kier molecular flexibility index (Phi) is 3.95. The van der Waals surface area contributed by atoms with Gasteiger partial charge >= 0.3 is 0 Å². The molecule has 3 nitrogen and oxygen atoms in total. The van der Waals surface area contributed by atoms with Crippen LogP contribution in [-0.2, 0) is 4.74 Å². The molecule has 1 heterocycles. The highest BCUT2D eigenvalue weighted by molar-refractivity contribution is 5.81. The number of rotatable bonds is 1. The van der Waals surface area contributed by atoms with E-state index in [0.717, 1.165) is 22.6 Å². The lowest BCUT2D eigenvalue weighted by Gasteiger charge is -2.20. The van der Waals surface area contributed by atoms with Gasteiger partial charge in [-0.15, -0.1) is 0 Å². The number of methoxy groups -OCH3 is 1. The van der Waals surface area contributed by atoms with Crippen molar-refractivity contribution in [2.75, 3.05) is 13.9 Å². The zero-order chi connectivity index (χ0) is 17.2. The smallest absolute Gasteiger partial charge is 0.231 e. The van der Waals surface area contributed by atoms with E-state index in [-0.39, 0.29) is 6.79 Å². The molecule has 1 aliphatic heterocycles. The molecule has 0 spiro atoms. The van der Waals surface area contributed by atoms with E-state index in [0.29, 0.717) is 5.92 Å². The molecule has 0 fully saturated rings. The van der Waals surface area contributed by atoms with E-state index in [1.807, 2.05) is 30.5 Å². The number of hydrogen-bond acceptors (Lipinski definition) is 3. The molecule has 3 heteroatoms. The summed E-state index contributed by atoms with van der Waals surface area (Å²) in [6.45, 7) is 2.44. The molecule has 0 N–H and O–H groups in total. The summed E-state index contributed by atoms with van der Waals surface area (Å²) in [5, 5.41) is 0. The zero-order valence-electron chi connectivity index (χ0n) is 14.2. The highest BCUT2D eigenvalue weighted by Gasteiger charge is 2.17. The van der Waals surface area contributed by atoms with Crippen molar-refractivity contribution in [3.8, 4) is 23.3 Å². The SMILES string of the molecule is CO/C=C1/c2cc(C#Cc3ccc4c(c3)OCO4)ccc2C=CC1C. The average Bonchev–Trinajstić information content (AvgIpc) is 3.10. The minimum absolute atomic E-state index is 0.275. The summed E-state index contributed by atoms with van der Waals surface area (Å²) in [5.74, 6) is 8.29. The fraction of sp³-hybridized carbons (Fsp3) is 0.182. The molecular weight excluding hydrogens is 312 g/mol. The number of ether oxygens (including phenoxy) is 3. The molecule has 1 unspecified atom stereocenters. The fourth-order valence-electron chi connectivity index (χ4n) is 3.04. The molecular formula is C22H18O3. The van der Waals surface area contributed by atoms with Gasteiger partial charge in [0.1, 0.15) is 0 Å². The second-order valence-electron chi connectivity index (χ2n) is 6.08. The minimum Gasteiger partial charge on any atom is -0.504 e. The Morgan fingerprint density at radius 3 is 2.64 bits per heavy atom. The van der Waals surface area contributed by atoms with Gasteiger partial charge in [0.05, 0.1) is 13.4 Å². The summed E-state index contributed by atoms with van der Waals surface area (Å²) in [6, 6.07) is 12.0. The molecule has 0 amide bonds. The van der Waals surface area contributed by atoms with Gasteiger partial charge in [0.25, 0.3) is 0 Å². The molecule has 0 aromatic heterocycles. The van der Waals surface area contributed by atoms with Gasteiger partial charge < -0.3 is 14.2 Å². The highest BCUT2D eigenvalue weighted by atomic mass is 16.7. The Labute approximate surface area is 147 Å². The van der Waals surface area contributed by atoms with E-state index in [1.165, 1.54) is 16.7 Å². The van der Waals surface area contributed by atoms with Crippen molar-refractivity contribution in [1.29, 1.82) is 0 Å². The first kappa shape index (κ1) is 15.4. The number of allylic oxidation sites excluding steroid dienone is 2. The van der Waals surface area contributed by atoms with E-state index in [4.69, 9.17) is 14.2 Å². The lowest BCUT2D eigenvalue weighted by atomic mass is 9.85. The molecule has 2 aromatic carbocycles. The highest BCUT2D eigenvalue weighted by Crippen LogP contribution is 2.34. The van der Waals surface area contributed by atoms with Crippen LogP contribution in [0.2, 0.25) is 0 Å². The van der Waals surface area contributed by atoms with Crippen LogP contribution >= 0.6 is 0 Å². The van der Waals surface area contributed by atoms with Gasteiger partial charge in [-0.3, -0.25) is 0 Å². The second-order valence-corrected chi connectivity index (χ2v) is 6.08. The molecule has 2 aliphatic rings. The largest absolute Gasteiger partial charge is 0.504 e. The third kappa shape index (κ3) is 2.99. The van der Waals surface area contributed by atoms with Crippen LogP contribution in [0.1, 0.15) is 29.2 Å². The van der Waals surface area contributed by atoms with Crippen LogP contribution in [-0.4, -0.2) is 13.9 Å². The van der Waals surface area contributed by atoms with E-state index in [2.05, 4.69) is 43.0 Å². The molecule has 0 radical (unpaired) electrons. The van der Waals surface area contributed by atoms with Gasteiger partial charge in [0, 0.05) is 22.6 Å². The normalized spacial score (nSPS) is 18.5. The molecule has 25 heavy (non-hydrogen) atoms. The average molecular weight is 330 g/mol. The van der Waals surface area contributed by atoms with Gasteiger partial charge in [-0.25, -0.2) is 0 Å². The Balaban J connectivity index is 1.67. The van der Waals surface area contributed by atoms with Crippen LogP contribution < -0.4 is 9.47 Å². The molecule has 0 saturated carbocycles. The molecule has 1 aliphatic carbocycles.